The normalized spacial score (nSPS) is 12.0. The highest BCUT2D eigenvalue weighted by atomic mass is 19.4. The maximum atomic E-state index is 13.4. The number of alkyl halides is 3. The van der Waals surface area contributed by atoms with Crippen molar-refractivity contribution < 1.29 is 41.8 Å². The number of rotatable bonds is 9. The van der Waals surface area contributed by atoms with Crippen LogP contribution in [0.2, 0.25) is 0 Å². The van der Waals surface area contributed by atoms with Crippen LogP contribution in [-0.4, -0.2) is 40.5 Å². The summed E-state index contributed by atoms with van der Waals surface area (Å²) in [5, 5.41) is 21.5. The first-order valence-corrected chi connectivity index (χ1v) is 8.00. The van der Waals surface area contributed by atoms with E-state index in [9.17, 15) is 31.5 Å². The largest absolute Gasteiger partial charge is 0.453 e. The molecule has 0 fully saturated rings. The Labute approximate surface area is 151 Å². The molecule has 1 aromatic carbocycles. The zero-order valence-corrected chi connectivity index (χ0v) is 14.1. The number of carbonyl (C=O) groups excluding carboxylic acids is 2. The average Bonchev–Trinajstić information content (AvgIpc) is 2.55. The van der Waals surface area contributed by atoms with Gasteiger partial charge < -0.3 is 20.8 Å². The standard InChI is InChI=1S/C16H19F5N2O4/c17-10-6-7-12(11(18)9-10)23-13(24)5-3-1-2-4-8-22-14(25)15(26,27)16(19,20)21/h6-7,9,26-27H,1-5,8H2,(H,22,25)(H,23,24). The van der Waals surface area contributed by atoms with Crippen LogP contribution in [0.1, 0.15) is 32.1 Å². The molecular weight excluding hydrogens is 379 g/mol. The molecular formula is C16H19F5N2O4. The molecule has 0 atom stereocenters. The summed E-state index contributed by atoms with van der Waals surface area (Å²) >= 11 is 0. The molecule has 11 heteroatoms. The van der Waals surface area contributed by atoms with Crippen molar-refractivity contribution in [1.29, 1.82) is 0 Å². The van der Waals surface area contributed by atoms with E-state index in [1.807, 2.05) is 0 Å². The molecule has 0 radical (unpaired) electrons. The minimum Gasteiger partial charge on any atom is -0.351 e. The van der Waals surface area contributed by atoms with Crippen molar-refractivity contribution >= 4 is 17.5 Å². The zero-order valence-electron chi connectivity index (χ0n) is 14.1. The maximum absolute atomic E-state index is 13.4. The van der Waals surface area contributed by atoms with Crippen molar-refractivity contribution in [3.63, 3.8) is 0 Å². The summed E-state index contributed by atoms with van der Waals surface area (Å²) in [6.45, 7) is -0.204. The Balaban J connectivity index is 2.18. The Morgan fingerprint density at radius 1 is 1.00 bits per heavy atom. The lowest BCUT2D eigenvalue weighted by Gasteiger charge is -2.22. The van der Waals surface area contributed by atoms with Crippen LogP contribution in [0.25, 0.3) is 0 Å². The van der Waals surface area contributed by atoms with E-state index < -0.39 is 35.4 Å². The minimum atomic E-state index is -5.51. The Hall–Kier alpha value is -2.27. The topological polar surface area (TPSA) is 98.7 Å². The van der Waals surface area contributed by atoms with Crippen LogP contribution in [0.4, 0.5) is 27.6 Å². The average molecular weight is 398 g/mol. The second-order valence-electron chi connectivity index (χ2n) is 5.76. The number of unbranched alkanes of at least 4 members (excludes halogenated alkanes) is 3. The molecule has 152 valence electrons. The van der Waals surface area contributed by atoms with Crippen LogP contribution < -0.4 is 10.6 Å². The second kappa shape index (κ2) is 9.60. The van der Waals surface area contributed by atoms with E-state index in [0.717, 1.165) is 12.1 Å². The van der Waals surface area contributed by atoms with Crippen LogP contribution in [0, 0.1) is 11.6 Å². The molecule has 27 heavy (non-hydrogen) atoms. The number of aliphatic hydroxyl groups is 2. The van der Waals surface area contributed by atoms with E-state index >= 15 is 0 Å². The van der Waals surface area contributed by atoms with E-state index in [1.54, 1.807) is 5.32 Å². The SMILES string of the molecule is O=C(CCCCCCNC(=O)C(O)(O)C(F)(F)F)Nc1ccc(F)cc1F. The van der Waals surface area contributed by atoms with E-state index in [2.05, 4.69) is 5.32 Å². The molecule has 0 aliphatic heterocycles. The fourth-order valence-electron chi connectivity index (χ4n) is 2.02. The third-order valence-corrected chi connectivity index (χ3v) is 3.53. The van der Waals surface area contributed by atoms with Gasteiger partial charge in [0, 0.05) is 19.0 Å². The van der Waals surface area contributed by atoms with Crippen molar-refractivity contribution in [3.8, 4) is 0 Å². The van der Waals surface area contributed by atoms with Gasteiger partial charge >= 0.3 is 12.0 Å². The van der Waals surface area contributed by atoms with Gasteiger partial charge in [-0.15, -0.1) is 0 Å². The third kappa shape index (κ3) is 7.10. The Morgan fingerprint density at radius 3 is 2.22 bits per heavy atom. The molecule has 0 bridgehead atoms. The van der Waals surface area contributed by atoms with E-state index in [0.29, 0.717) is 25.3 Å². The summed E-state index contributed by atoms with van der Waals surface area (Å²) in [6, 6.07) is 2.73. The Kier molecular flexibility index (Phi) is 8.10. The van der Waals surface area contributed by atoms with Gasteiger partial charge in [0.15, 0.2) is 0 Å². The number of carbonyl (C=O) groups is 2. The summed E-state index contributed by atoms with van der Waals surface area (Å²) in [5.74, 6) is -8.56. The Morgan fingerprint density at radius 2 is 1.63 bits per heavy atom. The van der Waals surface area contributed by atoms with Crippen molar-refractivity contribution in [3.05, 3.63) is 29.8 Å². The first kappa shape index (κ1) is 22.8. The molecule has 0 saturated carbocycles. The number of amides is 2. The molecule has 0 heterocycles. The van der Waals surface area contributed by atoms with Crippen LogP contribution in [-0.2, 0) is 9.59 Å². The zero-order chi connectivity index (χ0) is 20.7. The molecule has 4 N–H and O–H groups in total. The molecule has 6 nitrogen and oxygen atoms in total. The number of halogens is 5. The first-order valence-electron chi connectivity index (χ1n) is 8.00. The smallest absolute Gasteiger partial charge is 0.351 e. The van der Waals surface area contributed by atoms with E-state index in [4.69, 9.17) is 10.2 Å². The number of benzene rings is 1. The lowest BCUT2D eigenvalue weighted by molar-refractivity contribution is -0.328. The lowest BCUT2D eigenvalue weighted by Crippen LogP contribution is -2.57. The fourth-order valence-corrected chi connectivity index (χ4v) is 2.02. The number of anilines is 1. The monoisotopic (exact) mass is 398 g/mol. The summed E-state index contributed by atoms with van der Waals surface area (Å²) < 4.78 is 62.7. The van der Waals surface area contributed by atoms with Crippen LogP contribution in [0.15, 0.2) is 18.2 Å². The van der Waals surface area contributed by atoms with Gasteiger partial charge in [-0.1, -0.05) is 12.8 Å². The molecule has 0 aromatic heterocycles. The van der Waals surface area contributed by atoms with Crippen molar-refractivity contribution in [1.82, 2.24) is 5.32 Å². The predicted octanol–water partition coefficient (Wildman–Crippen LogP) is 2.21. The molecule has 0 unspecified atom stereocenters. The summed E-state index contributed by atoms with van der Waals surface area (Å²) in [6.07, 6.45) is -3.85. The van der Waals surface area contributed by atoms with E-state index in [-0.39, 0.29) is 25.1 Å². The molecule has 1 rings (SSSR count). The van der Waals surface area contributed by atoms with Gasteiger partial charge in [-0.25, -0.2) is 8.78 Å². The summed E-state index contributed by atoms with van der Waals surface area (Å²) in [7, 11) is 0. The number of nitrogens with one attached hydrogen (secondary N) is 2. The fraction of sp³-hybridized carbons (Fsp3) is 0.500. The van der Waals surface area contributed by atoms with Gasteiger partial charge in [-0.2, -0.15) is 13.2 Å². The van der Waals surface area contributed by atoms with Gasteiger partial charge in [-0.3, -0.25) is 9.59 Å². The van der Waals surface area contributed by atoms with Crippen LogP contribution in [0.3, 0.4) is 0 Å². The van der Waals surface area contributed by atoms with E-state index in [1.165, 1.54) is 0 Å². The van der Waals surface area contributed by atoms with Gasteiger partial charge in [0.25, 0.3) is 5.91 Å². The maximum Gasteiger partial charge on any atom is 0.453 e. The molecule has 1 aromatic rings. The summed E-state index contributed by atoms with van der Waals surface area (Å²) in [4.78, 5) is 22.7. The highest BCUT2D eigenvalue weighted by Crippen LogP contribution is 2.28. The predicted molar refractivity (Wildman–Crippen MR) is 84.3 cm³/mol. The third-order valence-electron chi connectivity index (χ3n) is 3.53. The number of hydrogen-bond acceptors (Lipinski definition) is 4. The number of hydrogen-bond donors (Lipinski definition) is 4. The van der Waals surface area contributed by atoms with Crippen LogP contribution >= 0.6 is 0 Å². The quantitative estimate of drug-likeness (QED) is 0.291. The van der Waals surface area contributed by atoms with Crippen LogP contribution in [0.5, 0.6) is 0 Å². The minimum absolute atomic E-state index is 0.0492. The first-order chi connectivity index (χ1) is 12.4. The van der Waals surface area contributed by atoms with Gasteiger partial charge in [0.1, 0.15) is 11.6 Å². The van der Waals surface area contributed by atoms with Crippen molar-refractivity contribution in [2.75, 3.05) is 11.9 Å². The van der Waals surface area contributed by atoms with Gasteiger partial charge in [0.2, 0.25) is 5.91 Å². The van der Waals surface area contributed by atoms with Crippen molar-refractivity contribution in [2.24, 2.45) is 0 Å². The van der Waals surface area contributed by atoms with Gasteiger partial charge in [-0.05, 0) is 25.0 Å². The highest BCUT2D eigenvalue weighted by molar-refractivity contribution is 5.90. The highest BCUT2D eigenvalue weighted by Gasteiger charge is 2.58. The molecule has 0 aliphatic carbocycles. The molecule has 2 amide bonds. The summed E-state index contributed by atoms with van der Waals surface area (Å²) in [5.41, 5.74) is -0.148. The second-order valence-corrected chi connectivity index (χ2v) is 5.76. The van der Waals surface area contributed by atoms with Gasteiger partial charge in [0.05, 0.1) is 5.69 Å². The molecule has 0 aliphatic rings. The Bertz CT molecular complexity index is 665. The molecule has 0 saturated heterocycles. The van der Waals surface area contributed by atoms with Crippen molar-refractivity contribution in [2.45, 2.75) is 44.1 Å². The molecule has 0 spiro atoms. The lowest BCUT2D eigenvalue weighted by atomic mass is 10.1.